The van der Waals surface area contributed by atoms with E-state index in [4.69, 9.17) is 11.6 Å². The van der Waals surface area contributed by atoms with Crippen molar-refractivity contribution in [2.24, 2.45) is 0 Å². The minimum Gasteiger partial charge on any atom is -0.352 e. The van der Waals surface area contributed by atoms with Crippen molar-refractivity contribution in [3.05, 3.63) is 75.6 Å². The Morgan fingerprint density at radius 1 is 1.13 bits per heavy atom. The van der Waals surface area contributed by atoms with E-state index in [-0.39, 0.29) is 5.91 Å². The summed E-state index contributed by atoms with van der Waals surface area (Å²) in [5.41, 5.74) is 4.01. The van der Waals surface area contributed by atoms with Gasteiger partial charge in [0.1, 0.15) is 0 Å². The fraction of sp³-hybridized carbons (Fsp3) is 0.111. The summed E-state index contributed by atoms with van der Waals surface area (Å²) in [4.78, 5) is 16.4. The second-order valence-electron chi connectivity index (χ2n) is 5.14. The van der Waals surface area contributed by atoms with Gasteiger partial charge in [-0.05, 0) is 46.8 Å². The van der Waals surface area contributed by atoms with Crippen molar-refractivity contribution in [3.63, 3.8) is 0 Å². The Morgan fingerprint density at radius 3 is 2.70 bits per heavy atom. The predicted octanol–water partition coefficient (Wildman–Crippen LogP) is 4.32. The maximum atomic E-state index is 12.0. The summed E-state index contributed by atoms with van der Waals surface area (Å²) in [6.45, 7) is 0.492. The molecule has 0 saturated carbocycles. The zero-order chi connectivity index (χ0) is 16.1. The summed E-state index contributed by atoms with van der Waals surface area (Å²) >= 11 is 7.48. The molecule has 116 valence electrons. The highest BCUT2D eigenvalue weighted by Crippen LogP contribution is 2.20. The second kappa shape index (κ2) is 7.40. The number of hydrogen-bond acceptors (Lipinski definition) is 3. The largest absolute Gasteiger partial charge is 0.352 e. The molecule has 3 nitrogen and oxygen atoms in total. The lowest BCUT2D eigenvalue weighted by Gasteiger charge is -2.07. The van der Waals surface area contributed by atoms with E-state index in [0.29, 0.717) is 18.0 Å². The molecular formula is C18H15ClN2OS. The third kappa shape index (κ3) is 4.41. The minimum atomic E-state index is -0.0128. The summed E-state index contributed by atoms with van der Waals surface area (Å²) in [7, 11) is 0. The SMILES string of the molecule is O=C(Cc1ccc(Cl)cc1)NCc1ccnc(-c2ccsc2)c1. The van der Waals surface area contributed by atoms with Crippen molar-refractivity contribution < 1.29 is 4.79 Å². The van der Waals surface area contributed by atoms with Crippen LogP contribution in [0.15, 0.2) is 59.4 Å². The van der Waals surface area contributed by atoms with Crippen LogP contribution in [0.4, 0.5) is 0 Å². The molecule has 0 radical (unpaired) electrons. The molecular weight excluding hydrogens is 328 g/mol. The van der Waals surface area contributed by atoms with Gasteiger partial charge in [-0.25, -0.2) is 0 Å². The van der Waals surface area contributed by atoms with Gasteiger partial charge in [0, 0.05) is 28.7 Å². The van der Waals surface area contributed by atoms with Crippen molar-refractivity contribution in [2.45, 2.75) is 13.0 Å². The number of carbonyl (C=O) groups is 1. The summed E-state index contributed by atoms with van der Waals surface area (Å²) in [5.74, 6) is -0.0128. The number of amides is 1. The van der Waals surface area contributed by atoms with E-state index in [1.807, 2.05) is 35.7 Å². The molecule has 0 unspecified atom stereocenters. The van der Waals surface area contributed by atoms with E-state index in [1.165, 1.54) is 0 Å². The molecule has 0 atom stereocenters. The predicted molar refractivity (Wildman–Crippen MR) is 94.6 cm³/mol. The first-order valence-electron chi connectivity index (χ1n) is 7.19. The van der Waals surface area contributed by atoms with Gasteiger partial charge in [-0.3, -0.25) is 9.78 Å². The molecule has 0 aliphatic rings. The van der Waals surface area contributed by atoms with Gasteiger partial charge in [0.05, 0.1) is 12.1 Å². The van der Waals surface area contributed by atoms with Crippen LogP contribution in [0.5, 0.6) is 0 Å². The summed E-state index contributed by atoms with van der Waals surface area (Å²) in [5, 5.41) is 7.70. The van der Waals surface area contributed by atoms with Crippen LogP contribution in [0.25, 0.3) is 11.3 Å². The van der Waals surface area contributed by atoms with E-state index in [2.05, 4.69) is 15.7 Å². The van der Waals surface area contributed by atoms with Gasteiger partial charge in [0.15, 0.2) is 0 Å². The first-order valence-corrected chi connectivity index (χ1v) is 8.51. The maximum absolute atomic E-state index is 12.0. The maximum Gasteiger partial charge on any atom is 0.224 e. The van der Waals surface area contributed by atoms with E-state index >= 15 is 0 Å². The van der Waals surface area contributed by atoms with E-state index in [0.717, 1.165) is 22.4 Å². The van der Waals surface area contributed by atoms with Gasteiger partial charge < -0.3 is 5.32 Å². The van der Waals surface area contributed by atoms with Crippen LogP contribution in [0.2, 0.25) is 5.02 Å². The molecule has 0 bridgehead atoms. The first-order chi connectivity index (χ1) is 11.2. The molecule has 0 spiro atoms. The molecule has 1 N–H and O–H groups in total. The molecule has 0 saturated heterocycles. The number of nitrogens with zero attached hydrogens (tertiary/aromatic N) is 1. The Bertz CT molecular complexity index is 785. The average molecular weight is 343 g/mol. The number of rotatable bonds is 5. The van der Waals surface area contributed by atoms with E-state index in [9.17, 15) is 4.79 Å². The van der Waals surface area contributed by atoms with Gasteiger partial charge in [0.2, 0.25) is 5.91 Å². The molecule has 2 heterocycles. The molecule has 0 aliphatic heterocycles. The van der Waals surface area contributed by atoms with Crippen LogP contribution in [0.3, 0.4) is 0 Å². The van der Waals surface area contributed by atoms with Crippen LogP contribution in [-0.2, 0) is 17.8 Å². The molecule has 2 aromatic heterocycles. The third-order valence-corrected chi connectivity index (χ3v) is 4.34. The summed E-state index contributed by atoms with van der Waals surface area (Å²) in [6, 6.07) is 13.3. The standard InChI is InChI=1S/C18H15ClN2OS/c19-16-3-1-13(2-4-16)10-18(22)21-11-14-5-7-20-17(9-14)15-6-8-23-12-15/h1-9,12H,10-11H2,(H,21,22). The van der Waals surface area contributed by atoms with Gasteiger partial charge >= 0.3 is 0 Å². The van der Waals surface area contributed by atoms with Gasteiger partial charge in [0.25, 0.3) is 0 Å². The number of halogens is 1. The zero-order valence-corrected chi connectivity index (χ0v) is 13.9. The van der Waals surface area contributed by atoms with E-state index in [1.54, 1.807) is 29.7 Å². The van der Waals surface area contributed by atoms with Crippen LogP contribution in [-0.4, -0.2) is 10.9 Å². The van der Waals surface area contributed by atoms with Crippen LogP contribution in [0.1, 0.15) is 11.1 Å². The summed E-state index contributed by atoms with van der Waals surface area (Å²) in [6.07, 6.45) is 2.12. The molecule has 1 aromatic carbocycles. The minimum absolute atomic E-state index is 0.0128. The monoisotopic (exact) mass is 342 g/mol. The second-order valence-corrected chi connectivity index (χ2v) is 6.36. The molecule has 3 aromatic rings. The highest BCUT2D eigenvalue weighted by Gasteiger charge is 2.05. The fourth-order valence-electron chi connectivity index (χ4n) is 2.20. The smallest absolute Gasteiger partial charge is 0.224 e. The zero-order valence-electron chi connectivity index (χ0n) is 12.3. The highest BCUT2D eigenvalue weighted by atomic mass is 35.5. The van der Waals surface area contributed by atoms with Gasteiger partial charge in [-0.2, -0.15) is 11.3 Å². The molecule has 3 rings (SSSR count). The number of aromatic nitrogens is 1. The lowest BCUT2D eigenvalue weighted by atomic mass is 10.1. The number of carbonyl (C=O) groups excluding carboxylic acids is 1. The van der Waals surface area contributed by atoms with Crippen LogP contribution >= 0.6 is 22.9 Å². The number of benzene rings is 1. The van der Waals surface area contributed by atoms with Gasteiger partial charge in [-0.15, -0.1) is 0 Å². The normalized spacial score (nSPS) is 10.5. The Hall–Kier alpha value is -2.17. The van der Waals surface area contributed by atoms with Crippen molar-refractivity contribution in [2.75, 3.05) is 0 Å². The number of nitrogens with one attached hydrogen (secondary N) is 1. The molecule has 0 aliphatic carbocycles. The van der Waals surface area contributed by atoms with E-state index < -0.39 is 0 Å². The third-order valence-electron chi connectivity index (χ3n) is 3.41. The number of pyridine rings is 1. The van der Waals surface area contributed by atoms with Gasteiger partial charge in [-0.1, -0.05) is 23.7 Å². The Balaban J connectivity index is 1.58. The Labute approximate surface area is 144 Å². The molecule has 5 heteroatoms. The molecule has 23 heavy (non-hydrogen) atoms. The van der Waals surface area contributed by atoms with Crippen molar-refractivity contribution >= 4 is 28.8 Å². The topological polar surface area (TPSA) is 42.0 Å². The first kappa shape index (κ1) is 15.7. The lowest BCUT2D eigenvalue weighted by Crippen LogP contribution is -2.24. The lowest BCUT2D eigenvalue weighted by molar-refractivity contribution is -0.120. The van der Waals surface area contributed by atoms with Crippen LogP contribution in [0, 0.1) is 0 Å². The Kier molecular flexibility index (Phi) is 5.05. The van der Waals surface area contributed by atoms with Crippen molar-refractivity contribution in [3.8, 4) is 11.3 Å². The number of thiophene rings is 1. The fourth-order valence-corrected chi connectivity index (χ4v) is 2.98. The molecule has 1 amide bonds. The average Bonchev–Trinajstić information content (AvgIpc) is 3.10. The van der Waals surface area contributed by atoms with Crippen molar-refractivity contribution in [1.82, 2.24) is 10.3 Å². The van der Waals surface area contributed by atoms with Crippen molar-refractivity contribution in [1.29, 1.82) is 0 Å². The Morgan fingerprint density at radius 2 is 1.96 bits per heavy atom. The quantitative estimate of drug-likeness (QED) is 0.750. The van der Waals surface area contributed by atoms with Crippen LogP contribution < -0.4 is 5.32 Å². The highest BCUT2D eigenvalue weighted by molar-refractivity contribution is 7.08. The molecule has 0 fully saturated rings. The number of hydrogen-bond donors (Lipinski definition) is 1. The summed E-state index contributed by atoms with van der Waals surface area (Å²) < 4.78 is 0.